The highest BCUT2D eigenvalue weighted by Crippen LogP contribution is 2.36. The molecule has 2 rings (SSSR count). The topological polar surface area (TPSA) is 47.3 Å². The van der Waals surface area contributed by atoms with E-state index in [0.29, 0.717) is 5.69 Å². The van der Waals surface area contributed by atoms with Crippen LogP contribution in [-0.4, -0.2) is 12.6 Å². The quantitative estimate of drug-likeness (QED) is 0.747. The van der Waals surface area contributed by atoms with E-state index >= 15 is 0 Å². The first-order chi connectivity index (χ1) is 7.13. The lowest BCUT2D eigenvalue weighted by molar-refractivity contribution is 0.306. The van der Waals surface area contributed by atoms with E-state index < -0.39 is 0 Å². The molecular formula is C12H18N2O. The Bertz CT molecular complexity index is 359. The van der Waals surface area contributed by atoms with Gasteiger partial charge in [-0.15, -0.1) is 0 Å². The Kier molecular flexibility index (Phi) is 2.47. The molecule has 0 bridgehead atoms. The minimum absolute atomic E-state index is 0.265. The number of methoxy groups -OCH3 is 1. The van der Waals surface area contributed by atoms with Crippen LogP contribution in [0.25, 0.3) is 0 Å². The van der Waals surface area contributed by atoms with Gasteiger partial charge in [-0.1, -0.05) is 0 Å². The Morgan fingerprint density at radius 2 is 2.13 bits per heavy atom. The zero-order valence-corrected chi connectivity index (χ0v) is 9.34. The smallest absolute Gasteiger partial charge is 0.143 e. The van der Waals surface area contributed by atoms with Crippen LogP contribution in [0.5, 0.6) is 5.75 Å². The summed E-state index contributed by atoms with van der Waals surface area (Å²) in [6, 6.07) is 5.84. The molecule has 3 heteroatoms. The number of ether oxygens (including phenoxy) is 1. The number of hydrogen-bond acceptors (Lipinski definition) is 3. The van der Waals surface area contributed by atoms with Gasteiger partial charge < -0.3 is 15.8 Å². The van der Waals surface area contributed by atoms with Crippen molar-refractivity contribution in [3.63, 3.8) is 0 Å². The van der Waals surface area contributed by atoms with E-state index in [1.807, 2.05) is 18.2 Å². The lowest BCUT2D eigenvalue weighted by atomic mass is 9.78. The molecule has 3 nitrogen and oxygen atoms in total. The highest BCUT2D eigenvalue weighted by Gasteiger charge is 2.31. The third kappa shape index (κ3) is 2.01. The van der Waals surface area contributed by atoms with Gasteiger partial charge in [0.05, 0.1) is 12.8 Å². The van der Waals surface area contributed by atoms with Crippen molar-refractivity contribution in [3.8, 4) is 5.75 Å². The first-order valence-corrected chi connectivity index (χ1v) is 5.35. The van der Waals surface area contributed by atoms with Gasteiger partial charge in [-0.25, -0.2) is 0 Å². The van der Waals surface area contributed by atoms with E-state index in [2.05, 4.69) is 12.2 Å². The molecule has 0 atom stereocenters. The minimum atomic E-state index is 0.265. The predicted molar refractivity (Wildman–Crippen MR) is 63.3 cm³/mol. The number of anilines is 2. The zero-order chi connectivity index (χ0) is 10.9. The Morgan fingerprint density at radius 1 is 1.40 bits per heavy atom. The molecule has 0 heterocycles. The molecule has 0 amide bonds. The fourth-order valence-electron chi connectivity index (χ4n) is 1.97. The molecule has 1 aromatic rings. The maximum Gasteiger partial charge on any atom is 0.143 e. The van der Waals surface area contributed by atoms with Gasteiger partial charge in [0.15, 0.2) is 0 Å². The molecule has 15 heavy (non-hydrogen) atoms. The number of hydrogen-bond donors (Lipinski definition) is 2. The first-order valence-electron chi connectivity index (χ1n) is 5.35. The summed E-state index contributed by atoms with van der Waals surface area (Å²) in [7, 11) is 1.64. The van der Waals surface area contributed by atoms with Gasteiger partial charge in [0.1, 0.15) is 5.75 Å². The molecule has 1 fully saturated rings. The normalized spacial score (nSPS) is 18.0. The number of rotatable bonds is 3. The molecule has 0 saturated heterocycles. The Labute approximate surface area is 90.6 Å². The summed E-state index contributed by atoms with van der Waals surface area (Å²) in [6.07, 6.45) is 3.79. The average molecular weight is 206 g/mol. The van der Waals surface area contributed by atoms with Crippen molar-refractivity contribution < 1.29 is 4.74 Å². The van der Waals surface area contributed by atoms with Gasteiger partial charge in [0.2, 0.25) is 0 Å². The van der Waals surface area contributed by atoms with Crippen LogP contribution < -0.4 is 15.8 Å². The molecule has 1 aliphatic rings. The van der Waals surface area contributed by atoms with Gasteiger partial charge in [-0.05, 0) is 38.3 Å². The molecule has 0 aliphatic heterocycles. The minimum Gasteiger partial charge on any atom is -0.495 e. The molecule has 0 unspecified atom stereocenters. The maximum atomic E-state index is 5.76. The van der Waals surface area contributed by atoms with Gasteiger partial charge in [-0.2, -0.15) is 0 Å². The Morgan fingerprint density at radius 3 is 2.67 bits per heavy atom. The molecule has 0 spiro atoms. The van der Waals surface area contributed by atoms with E-state index in [-0.39, 0.29) is 5.54 Å². The largest absolute Gasteiger partial charge is 0.495 e. The summed E-state index contributed by atoms with van der Waals surface area (Å²) < 4.78 is 5.19. The van der Waals surface area contributed by atoms with Crippen LogP contribution in [0, 0.1) is 0 Å². The van der Waals surface area contributed by atoms with Crippen LogP contribution in [0.3, 0.4) is 0 Å². The molecular weight excluding hydrogens is 188 g/mol. The van der Waals surface area contributed by atoms with Gasteiger partial charge in [0.25, 0.3) is 0 Å². The van der Waals surface area contributed by atoms with Crippen molar-refractivity contribution in [2.75, 3.05) is 18.2 Å². The SMILES string of the molecule is COc1cc(NC2(C)CCC2)ccc1N. The molecule has 1 aromatic carbocycles. The fourth-order valence-corrected chi connectivity index (χ4v) is 1.97. The van der Waals surface area contributed by atoms with Crippen molar-refractivity contribution in [1.82, 2.24) is 0 Å². The molecule has 1 aliphatic carbocycles. The number of nitrogen functional groups attached to an aromatic ring is 1. The second kappa shape index (κ2) is 3.65. The van der Waals surface area contributed by atoms with Crippen LogP contribution in [-0.2, 0) is 0 Å². The molecule has 0 aromatic heterocycles. The van der Waals surface area contributed by atoms with Crippen LogP contribution in [0.1, 0.15) is 26.2 Å². The fraction of sp³-hybridized carbons (Fsp3) is 0.500. The van der Waals surface area contributed by atoms with Crippen LogP contribution in [0.15, 0.2) is 18.2 Å². The highest BCUT2D eigenvalue weighted by molar-refractivity contribution is 5.62. The monoisotopic (exact) mass is 206 g/mol. The van der Waals surface area contributed by atoms with Crippen LogP contribution in [0.2, 0.25) is 0 Å². The second-order valence-electron chi connectivity index (χ2n) is 4.50. The summed E-state index contributed by atoms with van der Waals surface area (Å²) in [5.74, 6) is 0.739. The van der Waals surface area contributed by atoms with Crippen molar-refractivity contribution in [2.45, 2.75) is 31.7 Å². The summed E-state index contributed by atoms with van der Waals surface area (Å²) in [5.41, 5.74) is 7.79. The van der Waals surface area contributed by atoms with E-state index in [0.717, 1.165) is 11.4 Å². The van der Waals surface area contributed by atoms with Crippen molar-refractivity contribution >= 4 is 11.4 Å². The summed E-state index contributed by atoms with van der Waals surface area (Å²) in [5, 5.41) is 3.52. The maximum absolute atomic E-state index is 5.76. The van der Waals surface area contributed by atoms with Gasteiger partial charge >= 0.3 is 0 Å². The second-order valence-corrected chi connectivity index (χ2v) is 4.50. The molecule has 1 saturated carbocycles. The lowest BCUT2D eigenvalue weighted by Crippen LogP contribution is -2.41. The number of nitrogens with one attached hydrogen (secondary N) is 1. The predicted octanol–water partition coefficient (Wildman–Crippen LogP) is 2.63. The molecule has 3 N–H and O–H groups in total. The Balaban J connectivity index is 2.14. The third-order valence-corrected chi connectivity index (χ3v) is 3.14. The van der Waals surface area contributed by atoms with Crippen molar-refractivity contribution in [2.24, 2.45) is 0 Å². The van der Waals surface area contributed by atoms with Gasteiger partial charge in [-0.3, -0.25) is 0 Å². The number of nitrogens with two attached hydrogens (primary N) is 1. The van der Waals surface area contributed by atoms with Gasteiger partial charge in [0, 0.05) is 17.3 Å². The van der Waals surface area contributed by atoms with Crippen molar-refractivity contribution in [1.29, 1.82) is 0 Å². The molecule has 0 radical (unpaired) electrons. The first kappa shape index (κ1) is 10.1. The van der Waals surface area contributed by atoms with E-state index in [1.54, 1.807) is 7.11 Å². The Hall–Kier alpha value is -1.38. The summed E-state index contributed by atoms with van der Waals surface area (Å²) >= 11 is 0. The van der Waals surface area contributed by atoms with E-state index in [9.17, 15) is 0 Å². The third-order valence-electron chi connectivity index (χ3n) is 3.14. The van der Waals surface area contributed by atoms with E-state index in [4.69, 9.17) is 10.5 Å². The number of benzene rings is 1. The average Bonchev–Trinajstić information content (AvgIpc) is 2.18. The lowest BCUT2D eigenvalue weighted by Gasteiger charge is -2.40. The van der Waals surface area contributed by atoms with E-state index in [1.165, 1.54) is 19.3 Å². The van der Waals surface area contributed by atoms with Crippen molar-refractivity contribution in [3.05, 3.63) is 18.2 Å². The standard InChI is InChI=1S/C12H18N2O/c1-12(6-3-7-12)14-9-4-5-10(13)11(8-9)15-2/h4-5,8,14H,3,6-7,13H2,1-2H3. The summed E-state index contributed by atoms with van der Waals surface area (Å²) in [6.45, 7) is 2.25. The molecule has 82 valence electrons. The van der Waals surface area contributed by atoms with Crippen LogP contribution in [0.4, 0.5) is 11.4 Å². The summed E-state index contributed by atoms with van der Waals surface area (Å²) in [4.78, 5) is 0. The zero-order valence-electron chi connectivity index (χ0n) is 9.34. The highest BCUT2D eigenvalue weighted by atomic mass is 16.5. The van der Waals surface area contributed by atoms with Crippen LogP contribution >= 0.6 is 0 Å².